The number of carbonyl (C=O) groups is 7. The third kappa shape index (κ3) is 15.5. The highest BCUT2D eigenvalue weighted by Crippen LogP contribution is 2.67. The molecule has 4 rings (SSSR count). The number of fused-ring (bicyclic) bond motifs is 5. The highest BCUT2D eigenvalue weighted by molar-refractivity contribution is 5.94. The van der Waals surface area contributed by atoms with E-state index in [0.29, 0.717) is 24.3 Å². The molecule has 0 radical (unpaired) electrons. The number of rotatable bonds is 27. The van der Waals surface area contributed by atoms with Crippen LogP contribution in [0.3, 0.4) is 0 Å². The van der Waals surface area contributed by atoms with Crippen LogP contribution in [0.2, 0.25) is 0 Å². The second-order valence-corrected chi connectivity index (χ2v) is 20.8. The molecule has 0 bridgehead atoms. The average molecular weight is 913 g/mol. The van der Waals surface area contributed by atoms with Crippen molar-refractivity contribution in [1.29, 1.82) is 0 Å². The minimum absolute atomic E-state index is 0.0754. The molecule has 16 nitrogen and oxygen atoms in total. The number of nitrogens with one attached hydrogen (secondary N) is 6. The van der Waals surface area contributed by atoms with Crippen molar-refractivity contribution < 1.29 is 48.9 Å². The zero-order chi connectivity index (χ0) is 47.9. The van der Waals surface area contributed by atoms with Crippen LogP contribution in [0.4, 0.5) is 0 Å². The van der Waals surface area contributed by atoms with Gasteiger partial charge in [-0.2, -0.15) is 0 Å². The first kappa shape index (κ1) is 53.6. The largest absolute Gasteiger partial charge is 0.550 e. The number of hydrogen-bond acceptors (Lipinski definition) is 11. The minimum Gasteiger partial charge on any atom is -0.550 e. The molecular weight excluding hydrogens is 833 g/mol. The lowest BCUT2D eigenvalue weighted by molar-refractivity contribution is -0.307. The van der Waals surface area contributed by atoms with Crippen LogP contribution in [0.5, 0.6) is 0 Å². The number of hydrogen-bond donors (Lipinski definition) is 7. The van der Waals surface area contributed by atoms with Gasteiger partial charge in [0.15, 0.2) is 0 Å². The highest BCUT2D eigenvalue weighted by atomic mass is 16.4. The maximum Gasteiger partial charge on any atom is 0.243 e. The summed E-state index contributed by atoms with van der Waals surface area (Å²) in [6, 6.07) is -3.00. The number of carboxylic acid groups (broad SMARTS) is 2. The van der Waals surface area contributed by atoms with E-state index in [9.17, 15) is 43.8 Å². The molecule has 7 N–H and O–H groups in total. The highest BCUT2D eigenvalue weighted by Gasteiger charge is 2.59. The first-order valence-electron chi connectivity index (χ1n) is 24.6. The average Bonchev–Trinajstić information content (AvgIpc) is 3.61. The van der Waals surface area contributed by atoms with Gasteiger partial charge in [0.2, 0.25) is 29.5 Å². The van der Waals surface area contributed by atoms with Crippen molar-refractivity contribution in [3.05, 3.63) is 11.6 Å². The molecule has 65 heavy (non-hydrogen) atoms. The topological polar surface area (TPSA) is 258 Å². The van der Waals surface area contributed by atoms with Crippen LogP contribution in [-0.2, 0) is 33.6 Å². The molecule has 3 saturated carbocycles. The summed E-state index contributed by atoms with van der Waals surface area (Å²) in [4.78, 5) is 86.0. The van der Waals surface area contributed by atoms with Crippen molar-refractivity contribution in [1.82, 2.24) is 31.9 Å². The SMILES string of the molecule is CC(C)CCC[C@@H](C)C1CCC2[C@H]3CC=C4C[C@@H](NCCCCC(=O)N[C@@H](CCC(=O)[O-])C(=O)N[C@@H](CCC(=O)[O-])C(=O)NCC(=O)NCC(=O)N[C@H](C)CO)CCC4(C)C3CCC21C. The number of aliphatic carboxylic acids is 2. The van der Waals surface area contributed by atoms with Crippen molar-refractivity contribution in [2.75, 3.05) is 26.2 Å². The van der Waals surface area contributed by atoms with Crippen LogP contribution in [0.15, 0.2) is 11.6 Å². The Morgan fingerprint density at radius 3 is 2.05 bits per heavy atom. The number of allylic oxidation sites excluding steroid dienone is 1. The van der Waals surface area contributed by atoms with Crippen molar-refractivity contribution in [3.8, 4) is 0 Å². The van der Waals surface area contributed by atoms with Gasteiger partial charge in [0.05, 0.1) is 19.7 Å². The van der Waals surface area contributed by atoms with E-state index in [2.05, 4.69) is 72.6 Å². The van der Waals surface area contributed by atoms with E-state index in [1.807, 2.05) is 0 Å². The second-order valence-electron chi connectivity index (χ2n) is 20.8. The van der Waals surface area contributed by atoms with Gasteiger partial charge in [0.1, 0.15) is 12.1 Å². The van der Waals surface area contributed by atoms with Gasteiger partial charge < -0.3 is 56.8 Å². The van der Waals surface area contributed by atoms with Crippen LogP contribution in [0.1, 0.15) is 157 Å². The molecule has 0 heterocycles. The monoisotopic (exact) mass is 913 g/mol. The van der Waals surface area contributed by atoms with Crippen molar-refractivity contribution in [2.24, 2.45) is 46.3 Å². The first-order chi connectivity index (χ1) is 30.8. The third-order valence-electron chi connectivity index (χ3n) is 15.7. The lowest BCUT2D eigenvalue weighted by Crippen LogP contribution is -2.55. The lowest BCUT2D eigenvalue weighted by Gasteiger charge is -2.58. The minimum atomic E-state index is -1.50. The van der Waals surface area contributed by atoms with Gasteiger partial charge in [0, 0.05) is 30.4 Å². The molecule has 0 saturated heterocycles. The third-order valence-corrected chi connectivity index (χ3v) is 15.7. The van der Waals surface area contributed by atoms with E-state index < -0.39 is 92.0 Å². The number of amides is 5. The molecule has 4 aliphatic rings. The van der Waals surface area contributed by atoms with E-state index in [0.717, 1.165) is 54.9 Å². The van der Waals surface area contributed by atoms with E-state index in [-0.39, 0.29) is 24.9 Å². The van der Waals surface area contributed by atoms with Crippen molar-refractivity contribution >= 4 is 41.5 Å². The fourth-order valence-electron chi connectivity index (χ4n) is 12.1. The Morgan fingerprint density at radius 2 is 1.38 bits per heavy atom. The summed E-state index contributed by atoms with van der Waals surface area (Å²) in [7, 11) is 0. The standard InChI is InChI=1S/C49H82N6O10/c1-30(2)10-9-11-31(3)36-15-16-37-35-14-13-33-26-34(21-23-48(33,5)38(35)22-24-49(36,37)6)50-25-8-7-12-41(57)54-40(18-20-45(62)63)47(65)55-39(17-19-44(60)61)46(64)52-27-42(58)51-28-43(59)53-32(4)29-56/h13,30-32,34-40,50,56H,7-12,14-29H2,1-6H3,(H,51,58)(H,52,64)(H,53,59)(H,54,57)(H,55,65)(H,60,61)(H,62,63)/p-2/t31-,32-,34+,35-,36?,37?,38?,39+,40+,48?,49?/m1/s1. The van der Waals surface area contributed by atoms with Gasteiger partial charge in [-0.15, -0.1) is 0 Å². The molecule has 5 amide bonds. The number of carbonyl (C=O) groups excluding carboxylic acids is 7. The fraction of sp³-hybridized carbons (Fsp3) is 0.816. The predicted octanol–water partition coefficient (Wildman–Crippen LogP) is 1.92. The fourth-order valence-corrected chi connectivity index (χ4v) is 12.1. The zero-order valence-electron chi connectivity index (χ0n) is 40.0. The molecule has 3 fully saturated rings. The van der Waals surface area contributed by atoms with Gasteiger partial charge >= 0.3 is 0 Å². The summed E-state index contributed by atoms with van der Waals surface area (Å²) in [6.45, 7) is 13.3. The van der Waals surface area contributed by atoms with Crippen molar-refractivity contribution in [2.45, 2.75) is 181 Å². The maximum absolute atomic E-state index is 13.3. The summed E-state index contributed by atoms with van der Waals surface area (Å²) in [5, 5.41) is 47.3. The van der Waals surface area contributed by atoms with Gasteiger partial charge in [-0.3, -0.25) is 24.0 Å². The summed E-state index contributed by atoms with van der Waals surface area (Å²) in [6.07, 6.45) is 16.0. The van der Waals surface area contributed by atoms with E-state index in [1.54, 1.807) is 12.5 Å². The first-order valence-corrected chi connectivity index (χ1v) is 24.6. The van der Waals surface area contributed by atoms with E-state index >= 15 is 0 Å². The van der Waals surface area contributed by atoms with E-state index in [4.69, 9.17) is 5.11 Å². The maximum atomic E-state index is 13.3. The van der Waals surface area contributed by atoms with Gasteiger partial charge in [-0.25, -0.2) is 0 Å². The van der Waals surface area contributed by atoms with E-state index in [1.165, 1.54) is 57.8 Å². The van der Waals surface area contributed by atoms with Crippen LogP contribution < -0.4 is 42.1 Å². The summed E-state index contributed by atoms with van der Waals surface area (Å²) in [5.74, 6) is -1.81. The molecule has 0 aromatic rings. The van der Waals surface area contributed by atoms with Crippen LogP contribution in [0, 0.1) is 46.3 Å². The Labute approximate surface area is 386 Å². The van der Waals surface area contributed by atoms with Crippen LogP contribution in [-0.4, -0.2) is 97.0 Å². The van der Waals surface area contributed by atoms with Gasteiger partial charge in [0.25, 0.3) is 0 Å². The number of aliphatic hydroxyl groups is 1. The van der Waals surface area contributed by atoms with Gasteiger partial charge in [-0.1, -0.05) is 65.5 Å². The zero-order valence-corrected chi connectivity index (χ0v) is 40.0. The number of aliphatic hydroxyl groups excluding tert-OH is 1. The smallest absolute Gasteiger partial charge is 0.243 e. The molecule has 11 atom stereocenters. The predicted molar refractivity (Wildman–Crippen MR) is 242 cm³/mol. The normalized spacial score (nSPS) is 27.6. The molecule has 4 aliphatic carbocycles. The molecule has 0 aromatic carbocycles. The molecule has 368 valence electrons. The number of unbranched alkanes of at least 4 members (excludes halogenated alkanes) is 1. The molecule has 0 aliphatic heterocycles. The molecule has 16 heteroatoms. The second kappa shape index (κ2) is 25.2. The Kier molecular flexibility index (Phi) is 20.8. The Balaban J connectivity index is 1.22. The number of carboxylic acids is 2. The van der Waals surface area contributed by atoms with Crippen LogP contribution >= 0.6 is 0 Å². The summed E-state index contributed by atoms with van der Waals surface area (Å²) >= 11 is 0. The molecular formula is C49H80N6O10-2. The quantitative estimate of drug-likeness (QED) is 0.0463. The van der Waals surface area contributed by atoms with Gasteiger partial charge in [-0.05, 0) is 150 Å². The lowest BCUT2D eigenvalue weighted by atomic mass is 9.47. The Morgan fingerprint density at radius 1 is 0.708 bits per heavy atom. The van der Waals surface area contributed by atoms with Crippen LogP contribution in [0.25, 0.3) is 0 Å². The molecule has 0 aromatic heterocycles. The van der Waals surface area contributed by atoms with Crippen molar-refractivity contribution in [3.63, 3.8) is 0 Å². The Hall–Kier alpha value is -4.05. The molecule has 5 unspecified atom stereocenters. The Bertz CT molecular complexity index is 1690. The summed E-state index contributed by atoms with van der Waals surface area (Å²) < 4.78 is 0. The molecule has 0 spiro atoms. The summed E-state index contributed by atoms with van der Waals surface area (Å²) in [5.41, 5.74) is 2.35.